The molecular weight excluding hydrogens is 254 g/mol. The molecule has 0 atom stereocenters. The monoisotopic (exact) mass is 277 g/mol. The quantitative estimate of drug-likeness (QED) is 0.826. The molecule has 0 spiro atoms. The summed E-state index contributed by atoms with van der Waals surface area (Å²) in [5.74, 6) is -0.573. The predicted octanol–water partition coefficient (Wildman–Crippen LogP) is 1.44. The zero-order valence-electron chi connectivity index (χ0n) is 12.6. The summed E-state index contributed by atoms with van der Waals surface area (Å²) in [6.45, 7) is 7.98. The number of nitrogens with one attached hydrogen (secondary N) is 1. The van der Waals surface area contributed by atoms with Gasteiger partial charge in [0.1, 0.15) is 0 Å². The maximum Gasteiger partial charge on any atom is 0.238 e. The lowest BCUT2D eigenvalue weighted by molar-refractivity contribution is -0.121. The van der Waals surface area contributed by atoms with Crippen LogP contribution in [0.4, 0.5) is 5.69 Å². The van der Waals surface area contributed by atoms with Crippen molar-refractivity contribution in [2.45, 2.75) is 33.7 Å². The molecule has 0 bridgehead atoms. The second-order valence-electron chi connectivity index (χ2n) is 5.28. The number of anilines is 1. The normalized spacial score (nSPS) is 10.9. The molecule has 0 unspecified atom stereocenters. The minimum atomic E-state index is -0.432. The van der Waals surface area contributed by atoms with Crippen LogP contribution in [0.15, 0.2) is 18.2 Å². The van der Waals surface area contributed by atoms with E-state index in [2.05, 4.69) is 5.32 Å². The number of carbonyl (C=O) groups excluding carboxylic acids is 2. The van der Waals surface area contributed by atoms with Crippen LogP contribution < -0.4 is 11.1 Å². The summed E-state index contributed by atoms with van der Waals surface area (Å²) in [6.07, 6.45) is 0. The minimum absolute atomic E-state index is 0.0752. The van der Waals surface area contributed by atoms with Crippen molar-refractivity contribution in [3.05, 3.63) is 29.3 Å². The molecule has 5 nitrogen and oxygen atoms in total. The van der Waals surface area contributed by atoms with Crippen molar-refractivity contribution >= 4 is 17.5 Å². The molecule has 0 aliphatic heterocycles. The molecule has 0 saturated heterocycles. The SMILES string of the molecule is Cc1cccc(C)c1NC(=O)CN(CC(N)=O)C(C)C. The number of hydrogen-bond acceptors (Lipinski definition) is 3. The Morgan fingerprint density at radius 2 is 1.75 bits per heavy atom. The van der Waals surface area contributed by atoms with Gasteiger partial charge in [-0.15, -0.1) is 0 Å². The fourth-order valence-electron chi connectivity index (χ4n) is 2.00. The van der Waals surface area contributed by atoms with Crippen molar-refractivity contribution in [3.8, 4) is 0 Å². The number of para-hydroxylation sites is 1. The number of hydrogen-bond donors (Lipinski definition) is 2. The summed E-state index contributed by atoms with van der Waals surface area (Å²) in [5, 5.41) is 2.90. The van der Waals surface area contributed by atoms with Gasteiger partial charge < -0.3 is 11.1 Å². The van der Waals surface area contributed by atoms with Crippen LogP contribution in [0.3, 0.4) is 0 Å². The topological polar surface area (TPSA) is 75.4 Å². The second kappa shape index (κ2) is 7.05. The van der Waals surface area contributed by atoms with E-state index >= 15 is 0 Å². The minimum Gasteiger partial charge on any atom is -0.369 e. The van der Waals surface area contributed by atoms with Crippen molar-refractivity contribution in [1.29, 1.82) is 0 Å². The number of rotatable bonds is 6. The van der Waals surface area contributed by atoms with Crippen molar-refractivity contribution in [3.63, 3.8) is 0 Å². The molecule has 0 heterocycles. The zero-order chi connectivity index (χ0) is 15.3. The summed E-state index contributed by atoms with van der Waals surface area (Å²) < 4.78 is 0. The second-order valence-corrected chi connectivity index (χ2v) is 5.28. The Kier molecular flexibility index (Phi) is 5.70. The Hall–Kier alpha value is -1.88. The molecule has 3 N–H and O–H groups in total. The van der Waals surface area contributed by atoms with Gasteiger partial charge in [0.25, 0.3) is 0 Å². The van der Waals surface area contributed by atoms with E-state index < -0.39 is 5.91 Å². The van der Waals surface area contributed by atoms with Gasteiger partial charge in [-0.2, -0.15) is 0 Å². The zero-order valence-corrected chi connectivity index (χ0v) is 12.6. The molecule has 5 heteroatoms. The summed E-state index contributed by atoms with van der Waals surface area (Å²) >= 11 is 0. The number of nitrogens with zero attached hydrogens (tertiary/aromatic N) is 1. The number of nitrogens with two attached hydrogens (primary N) is 1. The highest BCUT2D eigenvalue weighted by Gasteiger charge is 2.17. The van der Waals surface area contributed by atoms with Gasteiger partial charge >= 0.3 is 0 Å². The van der Waals surface area contributed by atoms with Crippen LogP contribution in [-0.2, 0) is 9.59 Å². The van der Waals surface area contributed by atoms with E-state index in [9.17, 15) is 9.59 Å². The Labute approximate surface area is 120 Å². The lowest BCUT2D eigenvalue weighted by atomic mass is 10.1. The van der Waals surface area contributed by atoms with Crippen LogP contribution in [-0.4, -0.2) is 35.8 Å². The van der Waals surface area contributed by atoms with Crippen LogP contribution in [0.25, 0.3) is 0 Å². The standard InChI is InChI=1S/C15H23N3O2/c1-10(2)18(8-13(16)19)9-14(20)17-15-11(3)6-5-7-12(15)4/h5-7,10H,8-9H2,1-4H3,(H2,16,19)(H,17,20). The Bertz CT molecular complexity index is 478. The number of aryl methyl sites for hydroxylation is 2. The first-order valence-electron chi connectivity index (χ1n) is 6.69. The fraction of sp³-hybridized carbons (Fsp3) is 0.467. The van der Waals surface area contributed by atoms with Gasteiger partial charge in [0, 0.05) is 11.7 Å². The van der Waals surface area contributed by atoms with Crippen molar-refractivity contribution in [2.24, 2.45) is 5.73 Å². The third-order valence-electron chi connectivity index (χ3n) is 3.18. The average molecular weight is 277 g/mol. The third-order valence-corrected chi connectivity index (χ3v) is 3.18. The largest absolute Gasteiger partial charge is 0.369 e. The van der Waals surface area contributed by atoms with Crippen molar-refractivity contribution in [2.75, 3.05) is 18.4 Å². The van der Waals surface area contributed by atoms with E-state index in [-0.39, 0.29) is 25.0 Å². The Balaban J connectivity index is 2.73. The maximum atomic E-state index is 12.1. The Morgan fingerprint density at radius 3 is 2.20 bits per heavy atom. The maximum absolute atomic E-state index is 12.1. The smallest absolute Gasteiger partial charge is 0.238 e. The molecule has 1 aromatic carbocycles. The van der Waals surface area contributed by atoms with Crippen LogP contribution in [0.1, 0.15) is 25.0 Å². The molecule has 2 amide bonds. The van der Waals surface area contributed by atoms with Crippen LogP contribution in [0.2, 0.25) is 0 Å². The first-order chi connectivity index (χ1) is 9.31. The molecule has 0 fully saturated rings. The number of benzene rings is 1. The number of carbonyl (C=O) groups is 2. The number of primary amides is 1. The molecule has 20 heavy (non-hydrogen) atoms. The Morgan fingerprint density at radius 1 is 1.20 bits per heavy atom. The molecule has 110 valence electrons. The molecule has 1 rings (SSSR count). The first kappa shape index (κ1) is 16.2. The van der Waals surface area contributed by atoms with E-state index in [4.69, 9.17) is 5.73 Å². The summed E-state index contributed by atoms with van der Waals surface area (Å²) in [7, 11) is 0. The lowest BCUT2D eigenvalue weighted by Gasteiger charge is -2.24. The lowest BCUT2D eigenvalue weighted by Crippen LogP contribution is -2.43. The molecule has 0 aromatic heterocycles. The first-order valence-corrected chi connectivity index (χ1v) is 6.69. The number of amides is 2. The van der Waals surface area contributed by atoms with Crippen molar-refractivity contribution < 1.29 is 9.59 Å². The highest BCUT2D eigenvalue weighted by Crippen LogP contribution is 2.19. The van der Waals surface area contributed by atoms with Gasteiger partial charge in [0.15, 0.2) is 0 Å². The van der Waals surface area contributed by atoms with Gasteiger partial charge in [0.05, 0.1) is 13.1 Å². The molecule has 0 radical (unpaired) electrons. The van der Waals surface area contributed by atoms with E-state index in [0.29, 0.717) is 0 Å². The molecule has 0 saturated carbocycles. The van der Waals surface area contributed by atoms with Gasteiger partial charge in [-0.1, -0.05) is 18.2 Å². The van der Waals surface area contributed by atoms with Crippen molar-refractivity contribution in [1.82, 2.24) is 4.90 Å². The van der Waals surface area contributed by atoms with E-state index in [1.54, 1.807) is 4.90 Å². The van der Waals surface area contributed by atoms with Gasteiger partial charge in [-0.3, -0.25) is 14.5 Å². The molecule has 0 aliphatic carbocycles. The van der Waals surface area contributed by atoms with Crippen LogP contribution in [0, 0.1) is 13.8 Å². The van der Waals surface area contributed by atoms with Crippen LogP contribution >= 0.6 is 0 Å². The third kappa shape index (κ3) is 4.66. The highest BCUT2D eigenvalue weighted by molar-refractivity contribution is 5.94. The average Bonchev–Trinajstić information content (AvgIpc) is 2.32. The van der Waals surface area contributed by atoms with E-state index in [1.807, 2.05) is 45.9 Å². The van der Waals surface area contributed by atoms with E-state index in [1.165, 1.54) is 0 Å². The van der Waals surface area contributed by atoms with Gasteiger partial charge in [-0.05, 0) is 38.8 Å². The van der Waals surface area contributed by atoms with Crippen LogP contribution in [0.5, 0.6) is 0 Å². The van der Waals surface area contributed by atoms with E-state index in [0.717, 1.165) is 16.8 Å². The summed E-state index contributed by atoms with van der Waals surface area (Å²) in [6, 6.07) is 5.93. The van der Waals surface area contributed by atoms with Gasteiger partial charge in [-0.25, -0.2) is 0 Å². The molecular formula is C15H23N3O2. The predicted molar refractivity (Wildman–Crippen MR) is 80.4 cm³/mol. The molecule has 0 aliphatic rings. The summed E-state index contributed by atoms with van der Waals surface area (Å²) in [4.78, 5) is 24.9. The fourth-order valence-corrected chi connectivity index (χ4v) is 2.00. The van der Waals surface area contributed by atoms with Gasteiger partial charge in [0.2, 0.25) is 11.8 Å². The molecule has 1 aromatic rings. The highest BCUT2D eigenvalue weighted by atomic mass is 16.2. The summed E-state index contributed by atoms with van der Waals surface area (Å²) in [5.41, 5.74) is 8.06.